The maximum atomic E-state index is 14.6. The van der Waals surface area contributed by atoms with E-state index in [1.807, 2.05) is 41.4 Å². The van der Waals surface area contributed by atoms with E-state index in [1.165, 1.54) is 6.07 Å². The highest BCUT2D eigenvalue weighted by Crippen LogP contribution is 2.36. The van der Waals surface area contributed by atoms with Crippen molar-refractivity contribution in [2.75, 3.05) is 26.8 Å². The van der Waals surface area contributed by atoms with Gasteiger partial charge in [0.2, 0.25) is 0 Å². The van der Waals surface area contributed by atoms with Gasteiger partial charge in [-0.2, -0.15) is 0 Å². The average Bonchev–Trinajstić information content (AvgIpc) is 3.30. The molecule has 1 aliphatic heterocycles. The van der Waals surface area contributed by atoms with Crippen molar-refractivity contribution in [3.05, 3.63) is 89.4 Å². The molecular formula is C30H33ClFN3O3. The number of likely N-dealkylation sites (tertiary alicyclic amines) is 1. The van der Waals surface area contributed by atoms with Gasteiger partial charge in [0, 0.05) is 50.4 Å². The number of phenols is 1. The molecule has 38 heavy (non-hydrogen) atoms. The highest BCUT2D eigenvalue weighted by Gasteiger charge is 2.29. The lowest BCUT2D eigenvalue weighted by atomic mass is 9.88. The average molecular weight is 538 g/mol. The van der Waals surface area contributed by atoms with Gasteiger partial charge < -0.3 is 25.0 Å². The van der Waals surface area contributed by atoms with E-state index in [4.69, 9.17) is 10.5 Å². The number of fused-ring (bicyclic) bond motifs is 1. The number of nitrogens with two attached hydrogens (primary N) is 1. The highest BCUT2D eigenvalue weighted by atomic mass is 35.5. The zero-order valence-electron chi connectivity index (χ0n) is 21.4. The van der Waals surface area contributed by atoms with Crippen LogP contribution in [-0.4, -0.2) is 47.3 Å². The monoisotopic (exact) mass is 537 g/mol. The minimum Gasteiger partial charge on any atom is -0.508 e. The van der Waals surface area contributed by atoms with Gasteiger partial charge in [-0.3, -0.25) is 4.79 Å². The number of carbonyl (C=O) groups excluding carboxylic acids is 1. The second kappa shape index (κ2) is 12.0. The maximum absolute atomic E-state index is 14.6. The third-order valence-electron chi connectivity index (χ3n) is 7.35. The van der Waals surface area contributed by atoms with Gasteiger partial charge in [-0.15, -0.1) is 12.4 Å². The molecule has 3 N–H and O–H groups in total. The van der Waals surface area contributed by atoms with Gasteiger partial charge in [0.15, 0.2) is 0 Å². The third-order valence-corrected chi connectivity index (χ3v) is 7.35. The van der Waals surface area contributed by atoms with Crippen LogP contribution >= 0.6 is 12.4 Å². The van der Waals surface area contributed by atoms with E-state index in [1.54, 1.807) is 31.4 Å². The fourth-order valence-electron chi connectivity index (χ4n) is 5.40. The number of halogens is 2. The predicted molar refractivity (Wildman–Crippen MR) is 150 cm³/mol. The van der Waals surface area contributed by atoms with E-state index >= 15 is 0 Å². The van der Waals surface area contributed by atoms with E-state index in [2.05, 4.69) is 4.57 Å². The summed E-state index contributed by atoms with van der Waals surface area (Å²) in [6.45, 7) is 2.61. The fraction of sp³-hybridized carbons (Fsp3) is 0.300. The van der Waals surface area contributed by atoms with Gasteiger partial charge in [-0.1, -0.05) is 36.4 Å². The Labute approximate surface area is 228 Å². The van der Waals surface area contributed by atoms with Crippen molar-refractivity contribution in [1.82, 2.24) is 9.47 Å². The summed E-state index contributed by atoms with van der Waals surface area (Å²) in [5, 5.41) is 11.0. The number of rotatable bonds is 7. The van der Waals surface area contributed by atoms with Crippen LogP contribution in [0.5, 0.6) is 5.75 Å². The summed E-state index contributed by atoms with van der Waals surface area (Å²) in [5.74, 6) is -0.0157. The standard InChI is InChI=1S/C30H32FN3O3.ClH/c1-37-15-14-34-19-26(29-24(6-3-7-28(29)34)22-4-2-5-23(35)17-22)30(36)33-12-10-21(11-13-33)25-16-20(18-32)8-9-27(25)31;/h2-9,16-17,19,21,35H,10-15,18,32H2,1H3;1H. The molecule has 6 nitrogen and oxygen atoms in total. The molecule has 2 heterocycles. The van der Waals surface area contributed by atoms with Gasteiger partial charge >= 0.3 is 0 Å². The summed E-state index contributed by atoms with van der Waals surface area (Å²) in [7, 11) is 1.66. The molecule has 1 fully saturated rings. The van der Waals surface area contributed by atoms with E-state index in [0.717, 1.165) is 27.6 Å². The van der Waals surface area contributed by atoms with Crippen LogP contribution in [0.1, 0.15) is 40.2 Å². The van der Waals surface area contributed by atoms with E-state index in [9.17, 15) is 14.3 Å². The topological polar surface area (TPSA) is 80.7 Å². The van der Waals surface area contributed by atoms with Crippen LogP contribution in [-0.2, 0) is 17.8 Å². The number of hydrogen-bond donors (Lipinski definition) is 2. The van der Waals surface area contributed by atoms with Crippen molar-refractivity contribution in [1.29, 1.82) is 0 Å². The first kappa shape index (κ1) is 27.6. The van der Waals surface area contributed by atoms with Gasteiger partial charge in [-0.25, -0.2) is 4.39 Å². The third kappa shape index (κ3) is 5.41. The van der Waals surface area contributed by atoms with Crippen LogP contribution in [0.25, 0.3) is 22.0 Å². The maximum Gasteiger partial charge on any atom is 0.256 e. The Morgan fingerprint density at radius 1 is 1.11 bits per heavy atom. The van der Waals surface area contributed by atoms with Gasteiger partial charge in [0.25, 0.3) is 5.91 Å². The lowest BCUT2D eigenvalue weighted by Crippen LogP contribution is -2.38. The Kier molecular flexibility index (Phi) is 8.72. The van der Waals surface area contributed by atoms with Crippen LogP contribution in [0.4, 0.5) is 4.39 Å². The molecule has 0 spiro atoms. The molecule has 1 amide bonds. The molecule has 1 aliphatic rings. The molecule has 1 saturated heterocycles. The van der Waals surface area contributed by atoms with Crippen LogP contribution in [0.2, 0.25) is 0 Å². The number of piperidine rings is 1. The highest BCUT2D eigenvalue weighted by molar-refractivity contribution is 6.12. The number of nitrogens with zero attached hydrogens (tertiary/aromatic N) is 2. The number of hydrogen-bond acceptors (Lipinski definition) is 4. The van der Waals surface area contributed by atoms with Gasteiger partial charge in [-0.05, 0) is 65.3 Å². The Balaban J connectivity index is 0.00000336. The van der Waals surface area contributed by atoms with Crippen molar-refractivity contribution in [3.63, 3.8) is 0 Å². The minimum absolute atomic E-state index is 0. The Morgan fingerprint density at radius 2 is 1.87 bits per heavy atom. The van der Waals surface area contributed by atoms with Gasteiger partial charge in [0.05, 0.1) is 12.2 Å². The molecule has 200 valence electrons. The van der Waals surface area contributed by atoms with Crippen molar-refractivity contribution >= 4 is 29.2 Å². The zero-order valence-corrected chi connectivity index (χ0v) is 22.2. The Morgan fingerprint density at radius 3 is 2.58 bits per heavy atom. The Bertz CT molecular complexity index is 1430. The fourth-order valence-corrected chi connectivity index (χ4v) is 5.40. The quantitative estimate of drug-likeness (QED) is 0.317. The summed E-state index contributed by atoms with van der Waals surface area (Å²) >= 11 is 0. The number of benzene rings is 3. The number of aromatic hydroxyl groups is 1. The van der Waals surface area contributed by atoms with Crippen molar-refractivity contribution < 1.29 is 19.0 Å². The van der Waals surface area contributed by atoms with E-state index < -0.39 is 0 Å². The molecule has 0 aliphatic carbocycles. The smallest absolute Gasteiger partial charge is 0.256 e. The molecule has 0 radical (unpaired) electrons. The normalized spacial score (nSPS) is 14.0. The predicted octanol–water partition coefficient (Wildman–Crippen LogP) is 5.70. The first-order valence-corrected chi connectivity index (χ1v) is 12.7. The number of ether oxygens (including phenoxy) is 1. The number of phenolic OH excluding ortho intramolecular Hbond substituents is 1. The summed E-state index contributed by atoms with van der Waals surface area (Å²) in [6.07, 6.45) is 3.30. The lowest BCUT2D eigenvalue weighted by Gasteiger charge is -2.32. The number of carbonyl (C=O) groups is 1. The van der Waals surface area contributed by atoms with Crippen LogP contribution in [0, 0.1) is 5.82 Å². The molecule has 0 saturated carbocycles. The number of amides is 1. The largest absolute Gasteiger partial charge is 0.508 e. The first-order chi connectivity index (χ1) is 18.0. The second-order valence-corrected chi connectivity index (χ2v) is 9.61. The van der Waals surface area contributed by atoms with Gasteiger partial charge in [0.1, 0.15) is 11.6 Å². The summed E-state index contributed by atoms with van der Waals surface area (Å²) < 4.78 is 21.9. The molecule has 5 rings (SSSR count). The first-order valence-electron chi connectivity index (χ1n) is 12.7. The Hall–Kier alpha value is -3.39. The lowest BCUT2D eigenvalue weighted by molar-refractivity contribution is 0.0714. The van der Waals surface area contributed by atoms with E-state index in [0.29, 0.717) is 56.8 Å². The molecular weight excluding hydrogens is 505 g/mol. The van der Waals surface area contributed by atoms with Crippen LogP contribution in [0.15, 0.2) is 66.9 Å². The second-order valence-electron chi connectivity index (χ2n) is 9.61. The van der Waals surface area contributed by atoms with E-state index in [-0.39, 0.29) is 35.8 Å². The molecule has 0 bridgehead atoms. The van der Waals surface area contributed by atoms with Crippen LogP contribution < -0.4 is 5.73 Å². The number of methoxy groups -OCH3 is 1. The van der Waals surface area contributed by atoms with Crippen molar-refractivity contribution in [2.45, 2.75) is 31.8 Å². The van der Waals surface area contributed by atoms with Crippen LogP contribution in [0.3, 0.4) is 0 Å². The van der Waals surface area contributed by atoms with Crippen molar-refractivity contribution in [2.24, 2.45) is 5.73 Å². The number of aromatic nitrogens is 1. The molecule has 8 heteroatoms. The molecule has 1 aromatic heterocycles. The summed E-state index contributed by atoms with van der Waals surface area (Å²) in [6, 6.07) is 18.1. The molecule has 3 aromatic carbocycles. The summed E-state index contributed by atoms with van der Waals surface area (Å²) in [4.78, 5) is 15.8. The summed E-state index contributed by atoms with van der Waals surface area (Å²) in [5.41, 5.74) is 10.7. The molecule has 0 atom stereocenters. The SMILES string of the molecule is COCCn1cc(C(=O)N2CCC(c3cc(CN)ccc3F)CC2)c2c(-c3cccc(O)c3)cccc21.Cl. The molecule has 4 aromatic rings. The van der Waals surface area contributed by atoms with Crippen molar-refractivity contribution in [3.8, 4) is 16.9 Å². The zero-order chi connectivity index (χ0) is 25.9. The molecule has 0 unspecified atom stereocenters. The minimum atomic E-state index is -0.209.